The summed E-state index contributed by atoms with van der Waals surface area (Å²) in [4.78, 5) is 12.9. The SMILES string of the molecule is CN(CCCC(N)=O)CCOc1ccc(/C(=C(/CC(F)(F)F)c2ccccc2)c2ccc3[nH]ncc3c2)cc1. The normalized spacial score (nSPS) is 12.5. The predicted octanol–water partition coefficient (Wildman–Crippen LogP) is 6.05. The van der Waals surface area contributed by atoms with E-state index >= 15 is 0 Å². The second-order valence-electron chi connectivity index (χ2n) is 9.43. The van der Waals surface area contributed by atoms with Gasteiger partial charge in [0.05, 0.1) is 18.1 Å². The molecule has 0 fully saturated rings. The number of amides is 1. The van der Waals surface area contributed by atoms with Gasteiger partial charge in [-0.3, -0.25) is 9.89 Å². The van der Waals surface area contributed by atoms with Crippen LogP contribution in [0.25, 0.3) is 22.0 Å². The Morgan fingerprint density at radius 2 is 1.69 bits per heavy atom. The highest BCUT2D eigenvalue weighted by atomic mass is 19.4. The van der Waals surface area contributed by atoms with Crippen LogP contribution in [0.1, 0.15) is 36.0 Å². The number of carbonyl (C=O) groups excluding carboxylic acids is 1. The van der Waals surface area contributed by atoms with Crippen LogP contribution in [0.3, 0.4) is 0 Å². The average molecular weight is 537 g/mol. The van der Waals surface area contributed by atoms with Gasteiger partial charge in [0.15, 0.2) is 0 Å². The van der Waals surface area contributed by atoms with Crippen molar-refractivity contribution in [2.75, 3.05) is 26.7 Å². The first kappa shape index (κ1) is 27.9. The number of likely N-dealkylation sites (N-methyl/N-ethyl adjacent to an activating group) is 1. The summed E-state index contributed by atoms with van der Waals surface area (Å²) in [6, 6.07) is 21.3. The van der Waals surface area contributed by atoms with Crippen molar-refractivity contribution in [3.05, 3.63) is 95.7 Å². The first-order chi connectivity index (χ1) is 18.7. The monoisotopic (exact) mass is 536 g/mol. The van der Waals surface area contributed by atoms with Crippen LogP contribution in [-0.2, 0) is 4.79 Å². The number of nitrogens with two attached hydrogens (primary N) is 1. The Morgan fingerprint density at radius 3 is 2.38 bits per heavy atom. The topological polar surface area (TPSA) is 84.2 Å². The molecule has 9 heteroatoms. The van der Waals surface area contributed by atoms with Gasteiger partial charge in [0, 0.05) is 18.4 Å². The summed E-state index contributed by atoms with van der Waals surface area (Å²) in [5.74, 6) is 0.300. The minimum Gasteiger partial charge on any atom is -0.492 e. The third kappa shape index (κ3) is 7.94. The zero-order valence-electron chi connectivity index (χ0n) is 21.7. The molecule has 0 saturated carbocycles. The van der Waals surface area contributed by atoms with E-state index in [0.717, 1.165) is 17.4 Å². The highest BCUT2D eigenvalue weighted by Crippen LogP contribution is 2.40. The molecule has 1 heterocycles. The lowest BCUT2D eigenvalue weighted by atomic mass is 9.87. The average Bonchev–Trinajstić information content (AvgIpc) is 3.37. The van der Waals surface area contributed by atoms with E-state index in [4.69, 9.17) is 10.5 Å². The molecule has 4 aromatic rings. The van der Waals surface area contributed by atoms with Gasteiger partial charge in [-0.2, -0.15) is 18.3 Å². The van der Waals surface area contributed by atoms with E-state index in [1.54, 1.807) is 60.8 Å². The Morgan fingerprint density at radius 1 is 0.974 bits per heavy atom. The van der Waals surface area contributed by atoms with E-state index in [2.05, 4.69) is 10.2 Å². The van der Waals surface area contributed by atoms with Crippen molar-refractivity contribution in [2.45, 2.75) is 25.4 Å². The van der Waals surface area contributed by atoms with Crippen LogP contribution >= 0.6 is 0 Å². The van der Waals surface area contributed by atoms with Gasteiger partial charge in [0.2, 0.25) is 5.91 Å². The van der Waals surface area contributed by atoms with E-state index in [-0.39, 0.29) is 11.5 Å². The quantitative estimate of drug-likeness (QED) is 0.216. The van der Waals surface area contributed by atoms with Crippen molar-refractivity contribution in [3.63, 3.8) is 0 Å². The first-order valence-corrected chi connectivity index (χ1v) is 12.7. The molecule has 204 valence electrons. The second kappa shape index (κ2) is 12.6. The lowest BCUT2D eigenvalue weighted by molar-refractivity contribution is -0.123. The summed E-state index contributed by atoms with van der Waals surface area (Å²) in [6.07, 6.45) is -2.79. The van der Waals surface area contributed by atoms with Crippen LogP contribution in [0.4, 0.5) is 13.2 Å². The Hall–Kier alpha value is -4.11. The number of carbonyl (C=O) groups is 1. The summed E-state index contributed by atoms with van der Waals surface area (Å²) < 4.78 is 47.5. The van der Waals surface area contributed by atoms with Gasteiger partial charge in [0.1, 0.15) is 12.4 Å². The molecule has 0 unspecified atom stereocenters. The third-order valence-corrected chi connectivity index (χ3v) is 6.38. The number of aromatic amines is 1. The van der Waals surface area contributed by atoms with Crippen LogP contribution in [0.2, 0.25) is 0 Å². The number of alkyl halides is 3. The molecule has 39 heavy (non-hydrogen) atoms. The number of primary amides is 1. The molecule has 0 saturated heterocycles. The van der Waals surface area contributed by atoms with Crippen molar-refractivity contribution in [2.24, 2.45) is 5.73 Å². The number of halogens is 3. The fourth-order valence-electron chi connectivity index (χ4n) is 4.46. The number of nitrogens with one attached hydrogen (secondary N) is 1. The van der Waals surface area contributed by atoms with E-state index < -0.39 is 12.6 Å². The number of allylic oxidation sites excluding steroid dienone is 1. The van der Waals surface area contributed by atoms with E-state index in [1.165, 1.54) is 0 Å². The number of benzene rings is 3. The molecule has 0 spiro atoms. The molecule has 0 aliphatic rings. The van der Waals surface area contributed by atoms with Gasteiger partial charge >= 0.3 is 6.18 Å². The van der Waals surface area contributed by atoms with Crippen LogP contribution in [-0.4, -0.2) is 53.9 Å². The van der Waals surface area contributed by atoms with Crippen molar-refractivity contribution >= 4 is 28.0 Å². The molecule has 3 N–H and O–H groups in total. The molecule has 6 nitrogen and oxygen atoms in total. The molecule has 0 bridgehead atoms. The number of ether oxygens (including phenoxy) is 1. The fourth-order valence-corrected chi connectivity index (χ4v) is 4.46. The second-order valence-corrected chi connectivity index (χ2v) is 9.43. The lowest BCUT2D eigenvalue weighted by Crippen LogP contribution is -2.26. The van der Waals surface area contributed by atoms with E-state index in [0.29, 0.717) is 54.0 Å². The predicted molar refractivity (Wildman–Crippen MR) is 147 cm³/mol. The van der Waals surface area contributed by atoms with Crippen molar-refractivity contribution in [3.8, 4) is 5.75 Å². The maximum Gasteiger partial charge on any atom is 0.393 e. The van der Waals surface area contributed by atoms with Crippen molar-refractivity contribution in [1.29, 1.82) is 0 Å². The number of hydrogen-bond donors (Lipinski definition) is 2. The van der Waals surface area contributed by atoms with Crippen LogP contribution in [0.15, 0.2) is 79.0 Å². The van der Waals surface area contributed by atoms with Gasteiger partial charge in [0.25, 0.3) is 0 Å². The van der Waals surface area contributed by atoms with E-state index in [9.17, 15) is 18.0 Å². The molecular weight excluding hydrogens is 505 g/mol. The Balaban J connectivity index is 1.64. The molecule has 0 aliphatic carbocycles. The van der Waals surface area contributed by atoms with Gasteiger partial charge in [-0.15, -0.1) is 0 Å². The molecule has 3 aromatic carbocycles. The molecule has 4 rings (SSSR count). The summed E-state index contributed by atoms with van der Waals surface area (Å²) in [5.41, 5.74) is 8.51. The summed E-state index contributed by atoms with van der Waals surface area (Å²) in [6.45, 7) is 1.80. The summed E-state index contributed by atoms with van der Waals surface area (Å²) in [7, 11) is 1.94. The minimum absolute atomic E-state index is 0.192. The number of nitrogens with zero attached hydrogens (tertiary/aromatic N) is 2. The maximum atomic E-state index is 13.9. The van der Waals surface area contributed by atoms with Crippen molar-refractivity contribution < 1.29 is 22.7 Å². The largest absolute Gasteiger partial charge is 0.492 e. The Kier molecular flexibility index (Phi) is 9.03. The van der Waals surface area contributed by atoms with Gasteiger partial charge < -0.3 is 15.4 Å². The number of hydrogen-bond acceptors (Lipinski definition) is 4. The minimum atomic E-state index is -4.40. The highest BCUT2D eigenvalue weighted by Gasteiger charge is 2.31. The highest BCUT2D eigenvalue weighted by molar-refractivity contribution is 6.00. The number of rotatable bonds is 12. The summed E-state index contributed by atoms with van der Waals surface area (Å²) in [5, 5.41) is 7.75. The maximum absolute atomic E-state index is 13.9. The number of H-pyrrole nitrogens is 1. The number of aromatic nitrogens is 2. The summed E-state index contributed by atoms with van der Waals surface area (Å²) >= 11 is 0. The number of fused-ring (bicyclic) bond motifs is 1. The van der Waals surface area contributed by atoms with Gasteiger partial charge in [-0.25, -0.2) is 0 Å². The fraction of sp³-hybridized carbons (Fsp3) is 0.267. The van der Waals surface area contributed by atoms with Crippen LogP contribution in [0.5, 0.6) is 5.75 Å². The Labute approximate surface area is 225 Å². The molecular formula is C30H31F3N4O2. The van der Waals surface area contributed by atoms with Gasteiger partial charge in [-0.1, -0.05) is 48.5 Å². The molecule has 0 atom stereocenters. The van der Waals surface area contributed by atoms with Crippen LogP contribution in [0, 0.1) is 0 Å². The van der Waals surface area contributed by atoms with Gasteiger partial charge in [-0.05, 0) is 72.1 Å². The van der Waals surface area contributed by atoms with Crippen LogP contribution < -0.4 is 10.5 Å². The van der Waals surface area contributed by atoms with E-state index in [1.807, 2.05) is 30.1 Å². The lowest BCUT2D eigenvalue weighted by Gasteiger charge is -2.19. The molecule has 1 aromatic heterocycles. The molecule has 0 aliphatic heterocycles. The molecule has 0 radical (unpaired) electrons. The standard InChI is InChI=1S/C30H31F3N4O2/c1-37(15-5-8-28(34)38)16-17-39-25-12-9-22(10-13-25)29(23-11-14-27-24(18-23)20-35-36-27)26(19-30(31,32)33)21-6-3-2-4-7-21/h2-4,6-7,9-14,18,20H,5,8,15-17,19H2,1H3,(H2,34,38)(H,35,36)/b29-26+. The zero-order valence-corrected chi connectivity index (χ0v) is 21.7. The molecule has 1 amide bonds. The van der Waals surface area contributed by atoms with Crippen molar-refractivity contribution in [1.82, 2.24) is 15.1 Å². The first-order valence-electron chi connectivity index (χ1n) is 12.7. The third-order valence-electron chi connectivity index (χ3n) is 6.38. The Bertz CT molecular complexity index is 1410. The zero-order chi connectivity index (χ0) is 27.8. The smallest absolute Gasteiger partial charge is 0.393 e.